The summed E-state index contributed by atoms with van der Waals surface area (Å²) in [7, 11) is -5.87. The van der Waals surface area contributed by atoms with Gasteiger partial charge in [-0.3, -0.25) is 9.10 Å². The Balaban J connectivity index is 1.70. The van der Waals surface area contributed by atoms with Gasteiger partial charge in [-0.15, -0.1) is 0 Å². The van der Waals surface area contributed by atoms with Gasteiger partial charge in [-0.05, 0) is 43.2 Å². The smallest absolute Gasteiger partial charge is 0.243 e. The summed E-state index contributed by atoms with van der Waals surface area (Å²) in [6.07, 6.45) is 1.42. The summed E-state index contributed by atoms with van der Waals surface area (Å²) in [6, 6.07) is 11.4. The Bertz CT molecular complexity index is 1260. The van der Waals surface area contributed by atoms with Crippen molar-refractivity contribution in [3.63, 3.8) is 0 Å². The second-order valence-electron chi connectivity index (χ2n) is 8.15. The first-order valence-electron chi connectivity index (χ1n) is 11.1. The number of sulfonamides is 2. The second kappa shape index (κ2) is 11.4. The lowest BCUT2D eigenvalue weighted by Crippen LogP contribution is -2.40. The molecule has 3 rings (SSSR count). The molecule has 1 saturated heterocycles. The summed E-state index contributed by atoms with van der Waals surface area (Å²) in [5.74, 6) is -0.0700. The van der Waals surface area contributed by atoms with E-state index in [2.05, 4.69) is 5.32 Å². The molecule has 0 spiro atoms. The Hall–Kier alpha value is -2.67. The lowest BCUT2D eigenvalue weighted by Gasteiger charge is -2.26. The maximum absolute atomic E-state index is 13.0. The number of nitrogens with zero attached hydrogens (tertiary/aromatic N) is 2. The topological polar surface area (TPSA) is 122 Å². The first-order valence-corrected chi connectivity index (χ1v) is 14.4. The molecule has 1 aliphatic rings. The fourth-order valence-electron chi connectivity index (χ4n) is 3.79. The quantitative estimate of drug-likeness (QED) is 0.505. The number of hydrogen-bond acceptors (Lipinski definition) is 7. The molecule has 192 valence electrons. The van der Waals surface area contributed by atoms with Crippen molar-refractivity contribution in [3.8, 4) is 5.75 Å². The molecule has 1 amide bonds. The van der Waals surface area contributed by atoms with E-state index in [1.807, 2.05) is 19.1 Å². The zero-order valence-electron chi connectivity index (χ0n) is 20.1. The number of carbonyl (C=O) groups is 1. The molecule has 0 saturated carbocycles. The third-order valence-electron chi connectivity index (χ3n) is 5.60. The van der Waals surface area contributed by atoms with Crippen molar-refractivity contribution < 1.29 is 31.1 Å². The van der Waals surface area contributed by atoms with Gasteiger partial charge in [-0.1, -0.05) is 18.2 Å². The van der Waals surface area contributed by atoms with Crippen LogP contribution in [0.15, 0.2) is 47.4 Å². The number of methoxy groups -OCH3 is 1. The normalized spacial score (nSPS) is 14.9. The van der Waals surface area contributed by atoms with E-state index in [0.717, 1.165) is 11.8 Å². The van der Waals surface area contributed by atoms with Crippen LogP contribution in [0.5, 0.6) is 5.75 Å². The van der Waals surface area contributed by atoms with Crippen molar-refractivity contribution in [1.29, 1.82) is 0 Å². The average Bonchev–Trinajstić information content (AvgIpc) is 2.82. The van der Waals surface area contributed by atoms with Crippen molar-refractivity contribution in [2.45, 2.75) is 24.7 Å². The van der Waals surface area contributed by atoms with E-state index in [-0.39, 0.29) is 49.0 Å². The summed E-state index contributed by atoms with van der Waals surface area (Å²) in [5.41, 5.74) is 1.61. The summed E-state index contributed by atoms with van der Waals surface area (Å²) < 4.78 is 63.8. The lowest BCUT2D eigenvalue weighted by molar-refractivity contribution is -0.116. The van der Waals surface area contributed by atoms with Crippen LogP contribution in [0.2, 0.25) is 0 Å². The first-order chi connectivity index (χ1) is 16.5. The minimum atomic E-state index is -3.75. The predicted octanol–water partition coefficient (Wildman–Crippen LogP) is 2.21. The lowest BCUT2D eigenvalue weighted by atomic mass is 10.2. The van der Waals surface area contributed by atoms with Gasteiger partial charge in [0.05, 0.1) is 42.8 Å². The molecule has 0 unspecified atom stereocenters. The van der Waals surface area contributed by atoms with Crippen LogP contribution in [0, 0.1) is 6.92 Å². The highest BCUT2D eigenvalue weighted by Gasteiger charge is 2.27. The highest BCUT2D eigenvalue weighted by Crippen LogP contribution is 2.29. The second-order valence-corrected chi connectivity index (χ2v) is 12.0. The zero-order chi connectivity index (χ0) is 25.6. The van der Waals surface area contributed by atoms with Crippen LogP contribution in [0.3, 0.4) is 0 Å². The fraction of sp³-hybridized carbons (Fsp3) is 0.435. The highest BCUT2D eigenvalue weighted by atomic mass is 32.2. The molecule has 1 N–H and O–H groups in total. The third-order valence-corrected chi connectivity index (χ3v) is 8.68. The number of nitrogens with one attached hydrogen (secondary N) is 1. The number of carbonyl (C=O) groups excluding carboxylic acids is 1. The van der Waals surface area contributed by atoms with Gasteiger partial charge in [-0.2, -0.15) is 4.31 Å². The number of ether oxygens (including phenoxy) is 2. The van der Waals surface area contributed by atoms with Crippen molar-refractivity contribution in [2.75, 3.05) is 55.8 Å². The standard InChI is InChI=1S/C23H31N3O7S2/c1-18-7-4-5-8-21(18)26(34(3,28)29)12-6-9-23(27)24-20-17-19(10-11-22(20)32-2)35(30,31)25-13-15-33-16-14-25/h4-5,7-8,10-11,17H,6,9,12-16H2,1-3H3,(H,24,27). The molecule has 10 nitrogen and oxygen atoms in total. The Labute approximate surface area is 206 Å². The Morgan fingerprint density at radius 1 is 1.11 bits per heavy atom. The molecule has 0 aromatic heterocycles. The number of anilines is 2. The molecule has 1 heterocycles. The molecular weight excluding hydrogens is 494 g/mol. The summed E-state index contributed by atoms with van der Waals surface area (Å²) in [6.45, 7) is 3.11. The highest BCUT2D eigenvalue weighted by molar-refractivity contribution is 7.92. The van der Waals surface area contributed by atoms with Crippen LogP contribution < -0.4 is 14.4 Å². The minimum absolute atomic E-state index is 0.0293. The van der Waals surface area contributed by atoms with E-state index < -0.39 is 20.0 Å². The molecule has 0 bridgehead atoms. The van der Waals surface area contributed by atoms with Crippen molar-refractivity contribution in [2.24, 2.45) is 0 Å². The van der Waals surface area contributed by atoms with Crippen LogP contribution in [0.4, 0.5) is 11.4 Å². The van der Waals surface area contributed by atoms with Gasteiger partial charge < -0.3 is 14.8 Å². The SMILES string of the molecule is COc1ccc(S(=O)(=O)N2CCOCC2)cc1NC(=O)CCCN(c1ccccc1C)S(C)(=O)=O. The van der Waals surface area contributed by atoms with Crippen LogP contribution in [-0.4, -0.2) is 73.3 Å². The largest absolute Gasteiger partial charge is 0.495 e. The van der Waals surface area contributed by atoms with E-state index in [9.17, 15) is 21.6 Å². The molecule has 12 heteroatoms. The van der Waals surface area contributed by atoms with Crippen molar-refractivity contribution >= 4 is 37.3 Å². The Morgan fingerprint density at radius 3 is 2.43 bits per heavy atom. The van der Waals surface area contributed by atoms with E-state index in [4.69, 9.17) is 9.47 Å². The van der Waals surface area contributed by atoms with Gasteiger partial charge in [0.2, 0.25) is 26.0 Å². The maximum atomic E-state index is 13.0. The molecule has 1 aliphatic heterocycles. The maximum Gasteiger partial charge on any atom is 0.243 e. The summed E-state index contributed by atoms with van der Waals surface area (Å²) in [4.78, 5) is 12.7. The van der Waals surface area contributed by atoms with Crippen LogP contribution in [-0.2, 0) is 29.6 Å². The number of rotatable bonds is 10. The molecule has 0 aliphatic carbocycles. The molecular formula is C23H31N3O7S2. The third kappa shape index (κ3) is 6.72. The van der Waals surface area contributed by atoms with Crippen LogP contribution in [0.25, 0.3) is 0 Å². The van der Waals surface area contributed by atoms with Gasteiger partial charge in [0.15, 0.2) is 0 Å². The number of amides is 1. The molecule has 0 atom stereocenters. The van der Waals surface area contributed by atoms with Gasteiger partial charge in [0.25, 0.3) is 0 Å². The number of para-hydroxylation sites is 1. The van der Waals surface area contributed by atoms with E-state index in [1.165, 1.54) is 33.9 Å². The summed E-state index contributed by atoms with van der Waals surface area (Å²) >= 11 is 0. The van der Waals surface area contributed by atoms with E-state index in [0.29, 0.717) is 24.7 Å². The predicted molar refractivity (Wildman–Crippen MR) is 134 cm³/mol. The first kappa shape index (κ1) is 26.9. The van der Waals surface area contributed by atoms with Crippen LogP contribution in [0.1, 0.15) is 18.4 Å². The Morgan fingerprint density at radius 2 is 1.80 bits per heavy atom. The van der Waals surface area contributed by atoms with Crippen LogP contribution >= 0.6 is 0 Å². The monoisotopic (exact) mass is 525 g/mol. The van der Waals surface area contributed by atoms with Crippen molar-refractivity contribution in [3.05, 3.63) is 48.0 Å². The summed E-state index contributed by atoms with van der Waals surface area (Å²) in [5, 5.41) is 2.70. The minimum Gasteiger partial charge on any atom is -0.495 e. The number of morpholine rings is 1. The molecule has 35 heavy (non-hydrogen) atoms. The molecule has 0 radical (unpaired) electrons. The molecule has 2 aromatic rings. The number of hydrogen-bond donors (Lipinski definition) is 1. The molecule has 2 aromatic carbocycles. The van der Waals surface area contributed by atoms with Gasteiger partial charge >= 0.3 is 0 Å². The average molecular weight is 526 g/mol. The zero-order valence-corrected chi connectivity index (χ0v) is 21.7. The fourth-order valence-corrected chi connectivity index (χ4v) is 6.24. The molecule has 1 fully saturated rings. The number of benzene rings is 2. The van der Waals surface area contributed by atoms with Crippen molar-refractivity contribution in [1.82, 2.24) is 4.31 Å². The Kier molecular flexibility index (Phi) is 8.75. The van der Waals surface area contributed by atoms with Gasteiger partial charge in [-0.25, -0.2) is 16.8 Å². The van der Waals surface area contributed by atoms with Gasteiger partial charge in [0, 0.05) is 26.1 Å². The van der Waals surface area contributed by atoms with Gasteiger partial charge in [0.1, 0.15) is 5.75 Å². The van der Waals surface area contributed by atoms with E-state index >= 15 is 0 Å². The van der Waals surface area contributed by atoms with E-state index in [1.54, 1.807) is 12.1 Å². The number of aryl methyl sites for hydroxylation is 1.